The Bertz CT molecular complexity index is 3310. The van der Waals surface area contributed by atoms with Gasteiger partial charge in [0.15, 0.2) is 0 Å². The fourth-order valence-corrected chi connectivity index (χ4v) is 8.92. The van der Waals surface area contributed by atoms with Crippen molar-refractivity contribution in [1.29, 1.82) is 0 Å². The molecule has 0 unspecified atom stereocenters. The quantitative estimate of drug-likeness (QED) is 0.159. The highest BCUT2D eigenvalue weighted by atomic mass is 16.3. The lowest BCUT2D eigenvalue weighted by Crippen LogP contribution is -2.11. The molecule has 11 rings (SSSR count). The summed E-state index contributed by atoms with van der Waals surface area (Å²) in [4.78, 5) is 10.2. The zero-order valence-corrected chi connectivity index (χ0v) is 30.2. The molecule has 0 N–H and O–H groups in total. The first-order valence-electron chi connectivity index (χ1n) is 18.9. The highest BCUT2D eigenvalue weighted by molar-refractivity contribution is 6.23. The Balaban J connectivity index is 1.12. The molecule has 8 aromatic carbocycles. The summed E-state index contributed by atoms with van der Waals surface area (Å²) < 4.78 is 8.68. The Labute approximate surface area is 317 Å². The molecule has 2 aromatic heterocycles. The fourth-order valence-electron chi connectivity index (χ4n) is 8.92. The molecule has 260 valence electrons. The summed E-state index contributed by atoms with van der Waals surface area (Å²) in [7, 11) is 0. The molecule has 0 atom stereocenters. The first kappa shape index (κ1) is 31.5. The van der Waals surface area contributed by atoms with Crippen LogP contribution in [0.1, 0.15) is 24.0 Å². The van der Waals surface area contributed by atoms with Gasteiger partial charge in [0.2, 0.25) is 0 Å². The van der Waals surface area contributed by atoms with Gasteiger partial charge in [0.25, 0.3) is 0 Å². The van der Waals surface area contributed by atoms with E-state index in [9.17, 15) is 0 Å². The second kappa shape index (κ2) is 12.5. The molecule has 4 nitrogen and oxygen atoms in total. The van der Waals surface area contributed by atoms with Crippen LogP contribution in [0.25, 0.3) is 81.6 Å². The smallest absolute Gasteiger partial charge is 0.136 e. The first-order chi connectivity index (χ1) is 27.2. The van der Waals surface area contributed by atoms with Gasteiger partial charge in [-0.05, 0) is 99.6 Å². The van der Waals surface area contributed by atoms with Gasteiger partial charge in [-0.1, -0.05) is 127 Å². The van der Waals surface area contributed by atoms with Crippen LogP contribution < -0.4 is 0 Å². The number of nitrogens with zero attached hydrogens (tertiary/aromatic N) is 3. The third-order valence-electron chi connectivity index (χ3n) is 11.5. The minimum Gasteiger partial charge on any atom is -0.456 e. The molecule has 0 aliphatic heterocycles. The third kappa shape index (κ3) is 4.99. The number of benzene rings is 8. The zero-order chi connectivity index (χ0) is 36.5. The number of aromatic nitrogens is 1. The van der Waals surface area contributed by atoms with Crippen LogP contribution in [0.5, 0.6) is 0 Å². The monoisotopic (exact) mass is 705 g/mol. The highest BCUT2D eigenvalue weighted by Gasteiger charge is 2.21. The molecule has 1 aliphatic carbocycles. The molecule has 0 radical (unpaired) electrons. The van der Waals surface area contributed by atoms with Crippen LogP contribution in [0.15, 0.2) is 184 Å². The fraction of sp³-hybridized carbons (Fsp3) is 0.0588. The molecule has 0 saturated carbocycles. The van der Waals surface area contributed by atoms with Gasteiger partial charge in [0, 0.05) is 32.5 Å². The van der Waals surface area contributed by atoms with E-state index in [1.54, 1.807) is 0 Å². The molecule has 0 amide bonds. The molecule has 55 heavy (non-hydrogen) atoms. The number of furan rings is 1. The second-order valence-electron chi connectivity index (χ2n) is 14.5. The van der Waals surface area contributed by atoms with Crippen LogP contribution in [0.3, 0.4) is 0 Å². The summed E-state index contributed by atoms with van der Waals surface area (Å²) in [5.74, 6) is 0. The van der Waals surface area contributed by atoms with E-state index in [1.165, 1.54) is 49.0 Å². The topological polar surface area (TPSA) is 42.8 Å². The normalized spacial score (nSPS) is 13.8. The van der Waals surface area contributed by atoms with Gasteiger partial charge in [-0.25, -0.2) is 0 Å². The van der Waals surface area contributed by atoms with Crippen molar-refractivity contribution in [3.05, 3.63) is 181 Å². The van der Waals surface area contributed by atoms with E-state index in [0.29, 0.717) is 6.67 Å². The first-order valence-corrected chi connectivity index (χ1v) is 18.9. The standard InChI is InChI=1S/C51H35N3O/c1-52-51-39-15-5-3-12-33(39)25-27-42(51)50(35-23-21-34(22-24-35)38-18-10-13-32-11-2-4-14-37(32)38)53-31-54-45-19-8-6-16-40(45)44-29-36-26-28-48-49(43(36)30-46(44)54)41-17-7-9-20-47(41)55-48/h2-21,23,25-30H,1,22,24,31H2/b53-50-. The third-order valence-corrected chi connectivity index (χ3v) is 11.5. The van der Waals surface area contributed by atoms with Gasteiger partial charge in [-0.2, -0.15) is 0 Å². The maximum atomic E-state index is 6.31. The van der Waals surface area contributed by atoms with Crippen molar-refractivity contribution in [2.75, 3.05) is 0 Å². The Morgan fingerprint density at radius 1 is 0.564 bits per heavy atom. The summed E-state index contributed by atoms with van der Waals surface area (Å²) in [5, 5.41) is 11.8. The maximum absolute atomic E-state index is 6.31. The number of rotatable bonds is 6. The number of para-hydroxylation sites is 2. The zero-order valence-electron chi connectivity index (χ0n) is 30.2. The van der Waals surface area contributed by atoms with Crippen molar-refractivity contribution in [2.24, 2.45) is 9.98 Å². The van der Waals surface area contributed by atoms with Crippen molar-refractivity contribution in [2.45, 2.75) is 19.5 Å². The van der Waals surface area contributed by atoms with E-state index in [2.05, 4.69) is 168 Å². The van der Waals surface area contributed by atoms with Crippen LogP contribution in [0, 0.1) is 0 Å². The van der Waals surface area contributed by atoms with Crippen molar-refractivity contribution in [3.8, 4) is 0 Å². The van der Waals surface area contributed by atoms with Crippen LogP contribution in [0.4, 0.5) is 5.69 Å². The molecular weight excluding hydrogens is 671 g/mol. The lowest BCUT2D eigenvalue weighted by Gasteiger charge is -2.20. The summed E-state index contributed by atoms with van der Waals surface area (Å²) in [6, 6.07) is 54.0. The average Bonchev–Trinajstić information content (AvgIpc) is 3.78. The Morgan fingerprint density at radius 3 is 2.13 bits per heavy atom. The molecular formula is C51H35N3O. The molecule has 0 spiro atoms. The lowest BCUT2D eigenvalue weighted by atomic mass is 9.86. The minimum atomic E-state index is 0.438. The predicted molar refractivity (Wildman–Crippen MR) is 233 cm³/mol. The molecule has 4 heteroatoms. The van der Waals surface area contributed by atoms with Crippen molar-refractivity contribution < 1.29 is 4.42 Å². The number of fused-ring (bicyclic) bond motifs is 10. The highest BCUT2D eigenvalue weighted by Crippen LogP contribution is 2.40. The minimum absolute atomic E-state index is 0.438. The SMILES string of the molecule is C=Nc1c(/C(=N\Cn2c3ccccc3c3cc4ccc5oc6ccccc6c5c4cc32)C2=CC=C(c3cccc4ccccc34)CC2)ccc2ccccc12. The largest absolute Gasteiger partial charge is 0.456 e. The molecule has 10 aromatic rings. The predicted octanol–water partition coefficient (Wildman–Crippen LogP) is 13.7. The lowest BCUT2D eigenvalue weighted by molar-refractivity contribution is 0.669. The van der Waals surface area contributed by atoms with E-state index in [0.717, 1.165) is 73.5 Å². The van der Waals surface area contributed by atoms with Gasteiger partial charge < -0.3 is 8.98 Å². The van der Waals surface area contributed by atoms with Crippen LogP contribution in [0.2, 0.25) is 0 Å². The van der Waals surface area contributed by atoms with Crippen molar-refractivity contribution in [3.63, 3.8) is 0 Å². The molecule has 0 saturated heterocycles. The van der Waals surface area contributed by atoms with Gasteiger partial charge in [0.1, 0.15) is 17.8 Å². The van der Waals surface area contributed by atoms with Crippen molar-refractivity contribution >= 4 is 99.8 Å². The summed E-state index contributed by atoms with van der Waals surface area (Å²) in [5.41, 5.74) is 10.8. The molecule has 2 heterocycles. The van der Waals surface area contributed by atoms with E-state index < -0.39 is 0 Å². The van der Waals surface area contributed by atoms with Gasteiger partial charge >= 0.3 is 0 Å². The Morgan fingerprint density at radius 2 is 1.29 bits per heavy atom. The van der Waals surface area contributed by atoms with E-state index in [4.69, 9.17) is 9.41 Å². The van der Waals surface area contributed by atoms with Crippen LogP contribution in [-0.4, -0.2) is 17.0 Å². The number of aliphatic imine (C=N–C) groups is 2. The molecule has 0 bridgehead atoms. The second-order valence-corrected chi connectivity index (χ2v) is 14.5. The van der Waals surface area contributed by atoms with Crippen LogP contribution >= 0.6 is 0 Å². The van der Waals surface area contributed by atoms with E-state index in [1.807, 2.05) is 12.1 Å². The number of hydrogen-bond acceptors (Lipinski definition) is 3. The number of hydrogen-bond donors (Lipinski definition) is 0. The molecule has 0 fully saturated rings. The average molecular weight is 706 g/mol. The Hall–Kier alpha value is -7.04. The van der Waals surface area contributed by atoms with Gasteiger partial charge in [-0.3, -0.25) is 9.98 Å². The Kier molecular flexibility index (Phi) is 7.17. The summed E-state index contributed by atoms with van der Waals surface area (Å²) >= 11 is 0. The van der Waals surface area contributed by atoms with Crippen molar-refractivity contribution in [1.82, 2.24) is 4.57 Å². The molecule has 1 aliphatic rings. The van der Waals surface area contributed by atoms with E-state index >= 15 is 0 Å². The van der Waals surface area contributed by atoms with Crippen LogP contribution in [-0.2, 0) is 6.67 Å². The summed E-state index contributed by atoms with van der Waals surface area (Å²) in [6.07, 6.45) is 6.35. The van der Waals surface area contributed by atoms with E-state index in [-0.39, 0.29) is 0 Å². The summed E-state index contributed by atoms with van der Waals surface area (Å²) in [6.45, 7) is 4.50. The van der Waals surface area contributed by atoms with Gasteiger partial charge in [-0.15, -0.1) is 0 Å². The maximum Gasteiger partial charge on any atom is 0.136 e. The van der Waals surface area contributed by atoms with Gasteiger partial charge in [0.05, 0.1) is 22.4 Å². The number of allylic oxidation sites excluding steroid dienone is 4.